The summed E-state index contributed by atoms with van der Waals surface area (Å²) in [6.07, 6.45) is 5.75. The van der Waals surface area contributed by atoms with Gasteiger partial charge >= 0.3 is 0 Å². The van der Waals surface area contributed by atoms with E-state index in [1.54, 1.807) is 32.4 Å². The molecule has 37 heavy (non-hydrogen) atoms. The number of pyridine rings is 1. The van der Waals surface area contributed by atoms with Crippen LogP contribution in [0.5, 0.6) is 0 Å². The minimum Gasteiger partial charge on any atom is -0.398 e. The Bertz CT molecular complexity index is 1190. The number of benzene rings is 1. The molecule has 9 heteroatoms. The Morgan fingerprint density at radius 3 is 2.81 bits per heavy atom. The van der Waals surface area contributed by atoms with Crippen molar-refractivity contribution in [3.63, 3.8) is 0 Å². The van der Waals surface area contributed by atoms with Crippen LogP contribution in [-0.2, 0) is 4.74 Å². The Morgan fingerprint density at radius 1 is 1.30 bits per heavy atom. The number of rotatable bonds is 7. The zero-order valence-corrected chi connectivity index (χ0v) is 22.6. The van der Waals surface area contributed by atoms with Crippen molar-refractivity contribution in [1.29, 1.82) is 0 Å². The van der Waals surface area contributed by atoms with E-state index in [0.717, 1.165) is 49.7 Å². The van der Waals surface area contributed by atoms with E-state index < -0.39 is 0 Å². The molecule has 1 aromatic heterocycles. The van der Waals surface area contributed by atoms with E-state index in [4.69, 9.17) is 27.1 Å². The molecule has 0 spiro atoms. The van der Waals surface area contributed by atoms with Gasteiger partial charge in [0.15, 0.2) is 0 Å². The SMILES string of the molecule is C=C(N=C(/C=C(\N)c1ccc(F)c(C)c1)N1CCN(c2ncccc2Cl)C[C@H]1C)N1CCC[C@H]1COC. The monoisotopic (exact) mass is 526 g/mol. The first-order valence-corrected chi connectivity index (χ1v) is 13.0. The number of nitrogens with zero attached hydrogens (tertiary/aromatic N) is 5. The minimum absolute atomic E-state index is 0.103. The van der Waals surface area contributed by atoms with Gasteiger partial charge in [0, 0.05) is 57.3 Å². The maximum Gasteiger partial charge on any atom is 0.147 e. The number of aryl methyl sites for hydroxylation is 1. The van der Waals surface area contributed by atoms with Crippen LogP contribution in [0.1, 0.15) is 30.9 Å². The first-order valence-electron chi connectivity index (χ1n) is 12.7. The fourth-order valence-electron chi connectivity index (χ4n) is 5.06. The van der Waals surface area contributed by atoms with Gasteiger partial charge in [0.05, 0.1) is 17.7 Å². The van der Waals surface area contributed by atoms with Crippen LogP contribution in [0.2, 0.25) is 5.02 Å². The number of hydrogen-bond donors (Lipinski definition) is 1. The lowest BCUT2D eigenvalue weighted by Gasteiger charge is -2.42. The van der Waals surface area contributed by atoms with Gasteiger partial charge in [0.1, 0.15) is 23.3 Å². The molecule has 4 rings (SSSR count). The topological polar surface area (TPSA) is 70.2 Å². The molecule has 2 fully saturated rings. The molecule has 198 valence electrons. The molecule has 0 saturated carbocycles. The third-order valence-electron chi connectivity index (χ3n) is 7.05. The Labute approximate surface area is 224 Å². The fourth-order valence-corrected chi connectivity index (χ4v) is 5.31. The summed E-state index contributed by atoms with van der Waals surface area (Å²) in [6, 6.07) is 8.95. The van der Waals surface area contributed by atoms with Crippen LogP contribution in [0.15, 0.2) is 60.0 Å². The minimum atomic E-state index is -0.255. The second-order valence-corrected chi connectivity index (χ2v) is 10.1. The highest BCUT2D eigenvalue weighted by Gasteiger charge is 2.29. The maximum absolute atomic E-state index is 13.9. The summed E-state index contributed by atoms with van der Waals surface area (Å²) in [6.45, 7) is 11.9. The summed E-state index contributed by atoms with van der Waals surface area (Å²) in [7, 11) is 1.72. The molecule has 0 unspecified atom stereocenters. The van der Waals surface area contributed by atoms with Crippen molar-refractivity contribution < 1.29 is 9.13 Å². The first-order chi connectivity index (χ1) is 17.8. The molecule has 2 aliphatic heterocycles. The van der Waals surface area contributed by atoms with Gasteiger partial charge < -0.3 is 25.2 Å². The van der Waals surface area contributed by atoms with Gasteiger partial charge in [-0.1, -0.05) is 18.2 Å². The Morgan fingerprint density at radius 2 is 2.11 bits per heavy atom. The van der Waals surface area contributed by atoms with E-state index >= 15 is 0 Å². The van der Waals surface area contributed by atoms with E-state index in [0.29, 0.717) is 35.3 Å². The second kappa shape index (κ2) is 12.0. The Hall–Kier alpha value is -3.10. The molecule has 2 N–H and O–H groups in total. The van der Waals surface area contributed by atoms with Gasteiger partial charge in [-0.2, -0.15) is 0 Å². The van der Waals surface area contributed by atoms with Crippen LogP contribution in [0, 0.1) is 12.7 Å². The van der Waals surface area contributed by atoms with Crippen molar-refractivity contribution in [1.82, 2.24) is 14.8 Å². The van der Waals surface area contributed by atoms with Gasteiger partial charge in [0.25, 0.3) is 0 Å². The number of methoxy groups -OCH3 is 1. The standard InChI is InChI=1S/C28H36ClFN6O/c1-19-15-22(9-10-25(19)30)26(31)16-27(33-21(3)36-12-6-7-23(36)18-37-4)35-14-13-34(17-20(35)2)28-24(29)8-5-11-32-28/h5,8-11,15-16,20,23H,3,6-7,12-14,17-18,31H2,1-2,4H3/b26-16-,33-27?/t20-,23+/m1/s1. The molecule has 2 aromatic rings. The molecule has 2 aliphatic rings. The van der Waals surface area contributed by atoms with Crippen LogP contribution >= 0.6 is 11.6 Å². The zero-order valence-electron chi connectivity index (χ0n) is 21.8. The van der Waals surface area contributed by atoms with Crippen molar-refractivity contribution in [2.45, 2.75) is 38.8 Å². The van der Waals surface area contributed by atoms with Crippen molar-refractivity contribution in [3.8, 4) is 0 Å². The lowest BCUT2D eigenvalue weighted by molar-refractivity contribution is 0.132. The molecule has 2 saturated heterocycles. The van der Waals surface area contributed by atoms with E-state index in [1.165, 1.54) is 6.07 Å². The maximum atomic E-state index is 13.9. The van der Waals surface area contributed by atoms with Crippen LogP contribution < -0.4 is 10.6 Å². The number of nitrogens with two attached hydrogens (primary N) is 1. The Balaban J connectivity index is 1.64. The molecule has 0 aliphatic carbocycles. The van der Waals surface area contributed by atoms with Crippen LogP contribution in [0.25, 0.3) is 5.70 Å². The average molecular weight is 527 g/mol. The van der Waals surface area contributed by atoms with Crippen molar-refractivity contribution in [2.75, 3.05) is 44.8 Å². The molecule has 0 amide bonds. The summed E-state index contributed by atoms with van der Waals surface area (Å²) in [5.74, 6) is 1.95. The molecular weight excluding hydrogens is 491 g/mol. The zero-order chi connectivity index (χ0) is 26.5. The summed E-state index contributed by atoms with van der Waals surface area (Å²) < 4.78 is 19.3. The highest BCUT2D eigenvalue weighted by Crippen LogP contribution is 2.27. The molecule has 0 bridgehead atoms. The summed E-state index contributed by atoms with van der Waals surface area (Å²) >= 11 is 6.42. The number of amidine groups is 1. The van der Waals surface area contributed by atoms with E-state index in [1.807, 2.05) is 18.2 Å². The highest BCUT2D eigenvalue weighted by molar-refractivity contribution is 6.32. The number of aliphatic imine (C=N–C) groups is 1. The average Bonchev–Trinajstić information content (AvgIpc) is 3.34. The van der Waals surface area contributed by atoms with E-state index in [9.17, 15) is 4.39 Å². The number of piperazine rings is 1. The first kappa shape index (κ1) is 26.9. The van der Waals surface area contributed by atoms with Crippen LogP contribution in [-0.4, -0.2) is 72.6 Å². The van der Waals surface area contributed by atoms with Gasteiger partial charge in [-0.25, -0.2) is 14.4 Å². The second-order valence-electron chi connectivity index (χ2n) is 9.69. The van der Waals surface area contributed by atoms with Gasteiger partial charge in [-0.3, -0.25) is 0 Å². The molecule has 1 aromatic carbocycles. The fraction of sp³-hybridized carbons (Fsp3) is 0.429. The van der Waals surface area contributed by atoms with E-state index in [2.05, 4.69) is 33.2 Å². The third kappa shape index (κ3) is 6.25. The smallest absolute Gasteiger partial charge is 0.147 e. The largest absolute Gasteiger partial charge is 0.398 e. The van der Waals surface area contributed by atoms with Gasteiger partial charge in [-0.05, 0) is 68.1 Å². The number of anilines is 1. The molecule has 7 nitrogen and oxygen atoms in total. The Kier molecular flexibility index (Phi) is 8.71. The lowest BCUT2D eigenvalue weighted by atomic mass is 10.1. The predicted molar refractivity (Wildman–Crippen MR) is 149 cm³/mol. The van der Waals surface area contributed by atoms with Crippen molar-refractivity contribution in [2.24, 2.45) is 10.7 Å². The number of hydrogen-bond acceptors (Lipinski definition) is 6. The predicted octanol–water partition coefficient (Wildman–Crippen LogP) is 4.67. The van der Waals surface area contributed by atoms with Gasteiger partial charge in [-0.15, -0.1) is 0 Å². The molecule has 3 heterocycles. The molecule has 2 atom stereocenters. The molecular formula is C28H36ClFN6O. The lowest BCUT2D eigenvalue weighted by Crippen LogP contribution is -2.54. The summed E-state index contributed by atoms with van der Waals surface area (Å²) in [4.78, 5) is 16.1. The molecule has 0 radical (unpaired) electrons. The summed E-state index contributed by atoms with van der Waals surface area (Å²) in [5, 5.41) is 0.638. The number of likely N-dealkylation sites (tertiary alicyclic amines) is 1. The van der Waals surface area contributed by atoms with E-state index in [-0.39, 0.29) is 17.9 Å². The highest BCUT2D eigenvalue weighted by atomic mass is 35.5. The van der Waals surface area contributed by atoms with Crippen molar-refractivity contribution in [3.05, 3.63) is 77.0 Å². The normalized spacial score (nSPS) is 21.1. The van der Waals surface area contributed by atoms with Crippen molar-refractivity contribution >= 4 is 29.0 Å². The van der Waals surface area contributed by atoms with Gasteiger partial charge in [0.2, 0.25) is 0 Å². The van der Waals surface area contributed by atoms with Crippen LogP contribution in [0.3, 0.4) is 0 Å². The summed E-state index contributed by atoms with van der Waals surface area (Å²) in [5.41, 5.74) is 8.36. The number of aromatic nitrogens is 1. The number of halogens is 2. The quantitative estimate of drug-likeness (QED) is 0.417. The number of ether oxygens (including phenoxy) is 1. The van der Waals surface area contributed by atoms with Crippen LogP contribution in [0.4, 0.5) is 10.2 Å². The third-order valence-corrected chi connectivity index (χ3v) is 7.34.